The minimum Gasteiger partial charge on any atom is -0.496 e. The summed E-state index contributed by atoms with van der Waals surface area (Å²) in [6, 6.07) is 10.8. The molecule has 0 spiro atoms. The van der Waals surface area contributed by atoms with Gasteiger partial charge in [0.25, 0.3) is 0 Å². The Balaban J connectivity index is 1.32. The predicted molar refractivity (Wildman–Crippen MR) is 115 cm³/mol. The topological polar surface area (TPSA) is 67.4 Å². The van der Waals surface area contributed by atoms with Crippen molar-refractivity contribution in [2.45, 2.75) is 18.8 Å². The average Bonchev–Trinajstić information content (AvgIpc) is 3.26. The van der Waals surface area contributed by atoms with E-state index in [0.717, 1.165) is 59.4 Å². The standard InChI is InChI=1S/C22H22F2N4O2S/c1-30-19-5-3-2-4-16(19)22-27-26-21(31-22)14-8-10-28(11-9-14)13-20(29)25-18-7-6-15(23)12-17(18)24/h2-7,12,14H,8-11,13H2,1H3,(H,25,29). The summed E-state index contributed by atoms with van der Waals surface area (Å²) < 4.78 is 32.1. The Bertz CT molecular complexity index is 1070. The van der Waals surface area contributed by atoms with Crippen LogP contribution in [0.15, 0.2) is 42.5 Å². The van der Waals surface area contributed by atoms with Gasteiger partial charge >= 0.3 is 0 Å². The fourth-order valence-electron chi connectivity index (χ4n) is 3.65. The predicted octanol–water partition coefficient (Wildman–Crippen LogP) is 4.31. The lowest BCUT2D eigenvalue weighted by Gasteiger charge is -2.30. The first-order valence-corrected chi connectivity index (χ1v) is 10.8. The molecule has 0 unspecified atom stereocenters. The summed E-state index contributed by atoms with van der Waals surface area (Å²) in [4.78, 5) is 14.3. The molecule has 0 atom stereocenters. The molecule has 1 fully saturated rings. The molecule has 0 aliphatic carbocycles. The largest absolute Gasteiger partial charge is 0.496 e. The van der Waals surface area contributed by atoms with Crippen LogP contribution in [0.25, 0.3) is 10.6 Å². The van der Waals surface area contributed by atoms with Gasteiger partial charge in [0, 0.05) is 12.0 Å². The molecule has 4 rings (SSSR count). The monoisotopic (exact) mass is 444 g/mol. The van der Waals surface area contributed by atoms with Gasteiger partial charge in [0.2, 0.25) is 5.91 Å². The van der Waals surface area contributed by atoms with E-state index in [0.29, 0.717) is 0 Å². The highest BCUT2D eigenvalue weighted by Crippen LogP contribution is 2.36. The summed E-state index contributed by atoms with van der Waals surface area (Å²) in [5.41, 5.74) is 0.912. The van der Waals surface area contributed by atoms with Crippen molar-refractivity contribution < 1.29 is 18.3 Å². The van der Waals surface area contributed by atoms with Crippen molar-refractivity contribution in [2.24, 2.45) is 0 Å². The van der Waals surface area contributed by atoms with E-state index < -0.39 is 11.6 Å². The number of nitrogens with zero attached hydrogens (tertiary/aromatic N) is 3. The third kappa shape index (κ3) is 5.05. The number of anilines is 1. The van der Waals surface area contributed by atoms with Crippen LogP contribution < -0.4 is 10.1 Å². The number of ether oxygens (including phenoxy) is 1. The maximum atomic E-state index is 13.7. The molecule has 162 valence electrons. The zero-order valence-electron chi connectivity index (χ0n) is 17.0. The highest BCUT2D eigenvalue weighted by molar-refractivity contribution is 7.14. The molecule has 1 aliphatic rings. The van der Waals surface area contributed by atoms with Gasteiger partial charge in [-0.25, -0.2) is 8.78 Å². The SMILES string of the molecule is COc1ccccc1-c1nnc(C2CCN(CC(=O)Nc3ccc(F)cc3F)CC2)s1. The summed E-state index contributed by atoms with van der Waals surface area (Å²) in [7, 11) is 1.64. The quantitative estimate of drug-likeness (QED) is 0.614. The van der Waals surface area contributed by atoms with Gasteiger partial charge in [-0.15, -0.1) is 10.2 Å². The van der Waals surface area contributed by atoms with E-state index in [9.17, 15) is 13.6 Å². The number of amides is 1. The molecule has 0 radical (unpaired) electrons. The van der Waals surface area contributed by atoms with Crippen molar-refractivity contribution >= 4 is 22.9 Å². The second-order valence-electron chi connectivity index (χ2n) is 7.37. The summed E-state index contributed by atoms with van der Waals surface area (Å²) in [6.45, 7) is 1.62. The number of carbonyl (C=O) groups excluding carboxylic acids is 1. The van der Waals surface area contributed by atoms with Gasteiger partial charge in [0.1, 0.15) is 22.4 Å². The van der Waals surface area contributed by atoms with Crippen LogP contribution in [0.5, 0.6) is 5.75 Å². The maximum absolute atomic E-state index is 13.7. The average molecular weight is 445 g/mol. The fraction of sp³-hybridized carbons (Fsp3) is 0.318. The van der Waals surface area contributed by atoms with Crippen LogP contribution in [-0.2, 0) is 4.79 Å². The van der Waals surface area contributed by atoms with E-state index in [1.54, 1.807) is 18.4 Å². The molecule has 3 aromatic rings. The zero-order valence-corrected chi connectivity index (χ0v) is 17.8. The molecule has 2 aromatic carbocycles. The Labute approximate surface area is 182 Å². The van der Waals surface area contributed by atoms with Crippen LogP contribution in [0, 0.1) is 11.6 Å². The summed E-state index contributed by atoms with van der Waals surface area (Å²) in [5.74, 6) is -0.728. The lowest BCUT2D eigenvalue weighted by atomic mass is 9.98. The van der Waals surface area contributed by atoms with Gasteiger partial charge in [-0.05, 0) is 50.2 Å². The van der Waals surface area contributed by atoms with Crippen molar-refractivity contribution in [1.29, 1.82) is 0 Å². The Morgan fingerprint density at radius 3 is 2.71 bits per heavy atom. The lowest BCUT2D eigenvalue weighted by Crippen LogP contribution is -2.38. The third-order valence-corrected chi connectivity index (χ3v) is 6.41. The molecule has 0 bridgehead atoms. The van der Waals surface area contributed by atoms with E-state index in [4.69, 9.17) is 4.74 Å². The summed E-state index contributed by atoms with van der Waals surface area (Å²) >= 11 is 1.57. The first kappa shape index (κ1) is 21.3. The Hall–Kier alpha value is -2.91. The van der Waals surface area contributed by atoms with Crippen LogP contribution in [-0.4, -0.2) is 47.7 Å². The molecule has 1 aromatic heterocycles. The van der Waals surface area contributed by atoms with Crippen LogP contribution >= 0.6 is 11.3 Å². The molecule has 31 heavy (non-hydrogen) atoms. The maximum Gasteiger partial charge on any atom is 0.238 e. The smallest absolute Gasteiger partial charge is 0.238 e. The number of methoxy groups -OCH3 is 1. The fourth-order valence-corrected chi connectivity index (χ4v) is 4.69. The molecule has 6 nitrogen and oxygen atoms in total. The highest BCUT2D eigenvalue weighted by Gasteiger charge is 2.25. The van der Waals surface area contributed by atoms with Crippen LogP contribution in [0.1, 0.15) is 23.8 Å². The molecule has 0 saturated carbocycles. The van der Waals surface area contributed by atoms with E-state index in [-0.39, 0.29) is 24.1 Å². The Kier molecular flexibility index (Phi) is 6.53. The molecule has 1 saturated heterocycles. The van der Waals surface area contributed by atoms with Crippen LogP contribution in [0.4, 0.5) is 14.5 Å². The van der Waals surface area contributed by atoms with Crippen LogP contribution in [0.3, 0.4) is 0 Å². The summed E-state index contributed by atoms with van der Waals surface area (Å²) in [5, 5.41) is 13.1. The summed E-state index contributed by atoms with van der Waals surface area (Å²) in [6.07, 6.45) is 1.72. The minimum atomic E-state index is -0.783. The highest BCUT2D eigenvalue weighted by atomic mass is 32.1. The number of nitrogens with one attached hydrogen (secondary N) is 1. The Morgan fingerprint density at radius 2 is 1.97 bits per heavy atom. The van der Waals surface area contributed by atoms with Crippen molar-refractivity contribution in [3.8, 4) is 16.3 Å². The molecule has 9 heteroatoms. The van der Waals surface area contributed by atoms with E-state index >= 15 is 0 Å². The Morgan fingerprint density at radius 1 is 1.19 bits per heavy atom. The number of carbonyl (C=O) groups is 1. The normalized spacial score (nSPS) is 15.1. The molecule has 1 aliphatic heterocycles. The molecule has 2 heterocycles. The van der Waals surface area contributed by atoms with Gasteiger partial charge in [-0.1, -0.05) is 23.5 Å². The molecular weight excluding hydrogens is 422 g/mol. The lowest BCUT2D eigenvalue weighted by molar-refractivity contribution is -0.117. The van der Waals surface area contributed by atoms with E-state index in [1.165, 1.54) is 6.07 Å². The number of rotatable bonds is 6. The first-order chi connectivity index (χ1) is 15.0. The number of hydrogen-bond acceptors (Lipinski definition) is 6. The van der Waals surface area contributed by atoms with Gasteiger partial charge in [0.05, 0.1) is 24.9 Å². The first-order valence-electron chi connectivity index (χ1n) is 9.97. The second kappa shape index (κ2) is 9.49. The van der Waals surface area contributed by atoms with E-state index in [2.05, 4.69) is 15.5 Å². The number of para-hydroxylation sites is 1. The van der Waals surface area contributed by atoms with Crippen molar-refractivity contribution in [3.05, 3.63) is 59.1 Å². The number of likely N-dealkylation sites (tertiary alicyclic amines) is 1. The number of aromatic nitrogens is 2. The number of piperidine rings is 1. The third-order valence-electron chi connectivity index (χ3n) is 5.29. The molecule has 1 amide bonds. The van der Waals surface area contributed by atoms with Gasteiger partial charge in [-0.3, -0.25) is 9.69 Å². The second-order valence-corrected chi connectivity index (χ2v) is 8.38. The van der Waals surface area contributed by atoms with Crippen LogP contribution in [0.2, 0.25) is 0 Å². The van der Waals surface area contributed by atoms with Crippen molar-refractivity contribution in [1.82, 2.24) is 15.1 Å². The zero-order chi connectivity index (χ0) is 21.8. The molecule has 1 N–H and O–H groups in total. The van der Waals surface area contributed by atoms with Crippen molar-refractivity contribution in [3.63, 3.8) is 0 Å². The van der Waals surface area contributed by atoms with Crippen molar-refractivity contribution in [2.75, 3.05) is 32.1 Å². The van der Waals surface area contributed by atoms with Gasteiger partial charge in [-0.2, -0.15) is 0 Å². The van der Waals surface area contributed by atoms with Gasteiger partial charge < -0.3 is 10.1 Å². The number of halogens is 2. The minimum absolute atomic E-state index is 0.0148. The number of benzene rings is 2. The number of hydrogen-bond donors (Lipinski definition) is 1. The van der Waals surface area contributed by atoms with E-state index in [1.807, 2.05) is 29.2 Å². The molecular formula is C22H22F2N4O2S. The van der Waals surface area contributed by atoms with Gasteiger partial charge in [0.15, 0.2) is 5.01 Å².